The summed E-state index contributed by atoms with van der Waals surface area (Å²) in [5.74, 6) is -0.796. The average Bonchev–Trinajstić information content (AvgIpc) is 2.57. The van der Waals surface area contributed by atoms with Gasteiger partial charge in [0.25, 0.3) is 0 Å². The Balaban J connectivity index is 1.84. The van der Waals surface area contributed by atoms with E-state index in [2.05, 4.69) is 11.1 Å². The van der Waals surface area contributed by atoms with E-state index in [9.17, 15) is 19.1 Å². The fourth-order valence-electron chi connectivity index (χ4n) is 3.23. The molecule has 118 valence electrons. The summed E-state index contributed by atoms with van der Waals surface area (Å²) in [5.41, 5.74) is -0.714. The molecule has 23 heavy (non-hydrogen) atoms. The molecule has 0 bridgehead atoms. The third-order valence-corrected chi connectivity index (χ3v) is 4.75. The molecular formula is C18H16F2N2O. The molecule has 1 fully saturated rings. The zero-order chi connectivity index (χ0) is 16.5. The van der Waals surface area contributed by atoms with E-state index < -0.39 is 16.8 Å². The first-order valence-corrected chi connectivity index (χ1v) is 7.49. The van der Waals surface area contributed by atoms with Crippen LogP contribution < -0.4 is 0 Å². The Bertz CT molecular complexity index is 727. The van der Waals surface area contributed by atoms with Gasteiger partial charge in [-0.05, 0) is 55.5 Å². The number of nitriles is 1. The van der Waals surface area contributed by atoms with Gasteiger partial charge in [0.05, 0.1) is 23.4 Å². The quantitative estimate of drug-likeness (QED) is 0.921. The Morgan fingerprint density at radius 1 is 0.957 bits per heavy atom. The largest absolute Gasteiger partial charge is 0.384 e. The number of benzene rings is 1. The first-order valence-electron chi connectivity index (χ1n) is 7.49. The minimum Gasteiger partial charge on any atom is -0.384 e. The maximum atomic E-state index is 13.1. The Kier molecular flexibility index (Phi) is 3.87. The van der Waals surface area contributed by atoms with E-state index in [1.165, 1.54) is 24.3 Å². The van der Waals surface area contributed by atoms with Crippen molar-refractivity contribution in [2.75, 3.05) is 0 Å². The van der Waals surface area contributed by atoms with Crippen LogP contribution in [-0.2, 0) is 11.0 Å². The summed E-state index contributed by atoms with van der Waals surface area (Å²) < 4.78 is 26.1. The van der Waals surface area contributed by atoms with Gasteiger partial charge in [0.2, 0.25) is 0 Å². The van der Waals surface area contributed by atoms with Gasteiger partial charge >= 0.3 is 0 Å². The smallest absolute Gasteiger partial charge is 0.141 e. The van der Waals surface area contributed by atoms with Crippen LogP contribution in [0.1, 0.15) is 36.9 Å². The van der Waals surface area contributed by atoms with Crippen LogP contribution in [0.5, 0.6) is 0 Å². The maximum absolute atomic E-state index is 13.1. The van der Waals surface area contributed by atoms with Gasteiger partial charge in [-0.1, -0.05) is 12.1 Å². The van der Waals surface area contributed by atoms with Crippen molar-refractivity contribution >= 4 is 0 Å². The predicted octanol–water partition coefficient (Wildman–Crippen LogP) is 3.58. The van der Waals surface area contributed by atoms with Crippen molar-refractivity contribution < 1.29 is 13.9 Å². The molecular weight excluding hydrogens is 298 g/mol. The molecule has 1 aromatic carbocycles. The van der Waals surface area contributed by atoms with Crippen molar-refractivity contribution in [3.8, 4) is 6.07 Å². The lowest BCUT2D eigenvalue weighted by Crippen LogP contribution is -2.39. The lowest BCUT2D eigenvalue weighted by Gasteiger charge is -2.40. The summed E-state index contributed by atoms with van der Waals surface area (Å²) in [5, 5.41) is 20.4. The van der Waals surface area contributed by atoms with Crippen LogP contribution in [0.25, 0.3) is 0 Å². The van der Waals surface area contributed by atoms with Crippen LogP contribution in [0.3, 0.4) is 0 Å². The minimum absolute atomic E-state index is 0.343. The zero-order valence-electron chi connectivity index (χ0n) is 12.5. The van der Waals surface area contributed by atoms with Crippen LogP contribution in [0.4, 0.5) is 8.78 Å². The second-order valence-corrected chi connectivity index (χ2v) is 6.09. The normalized spacial score (nSPS) is 27.4. The molecule has 3 nitrogen and oxygen atoms in total. The third kappa shape index (κ3) is 2.82. The van der Waals surface area contributed by atoms with Crippen LogP contribution in [0, 0.1) is 23.0 Å². The number of aliphatic hydroxyl groups is 1. The Labute approximate surface area is 133 Å². The summed E-state index contributed by atoms with van der Waals surface area (Å²) in [6.07, 6.45) is 2.64. The number of halogens is 2. The SMILES string of the molecule is N#CC1(c2ccc(F)cc2)CCC(O)(c2ccc(F)cn2)CC1. The van der Waals surface area contributed by atoms with Gasteiger partial charge in [0.15, 0.2) is 0 Å². The number of hydrogen-bond acceptors (Lipinski definition) is 3. The van der Waals surface area contributed by atoms with Crippen LogP contribution >= 0.6 is 0 Å². The van der Waals surface area contributed by atoms with E-state index in [0.29, 0.717) is 31.4 Å². The van der Waals surface area contributed by atoms with E-state index in [1.54, 1.807) is 12.1 Å². The fourth-order valence-corrected chi connectivity index (χ4v) is 3.23. The topological polar surface area (TPSA) is 56.9 Å². The van der Waals surface area contributed by atoms with Crippen LogP contribution in [0.15, 0.2) is 42.6 Å². The summed E-state index contributed by atoms with van der Waals surface area (Å²) in [6, 6.07) is 11.0. The molecule has 3 rings (SSSR count). The predicted molar refractivity (Wildman–Crippen MR) is 80.3 cm³/mol. The van der Waals surface area contributed by atoms with E-state index in [4.69, 9.17) is 0 Å². The maximum Gasteiger partial charge on any atom is 0.141 e. The zero-order valence-corrected chi connectivity index (χ0v) is 12.5. The molecule has 0 spiro atoms. The summed E-state index contributed by atoms with van der Waals surface area (Å²) in [7, 11) is 0. The number of aromatic nitrogens is 1. The average molecular weight is 314 g/mol. The van der Waals surface area contributed by atoms with E-state index in [0.717, 1.165) is 11.8 Å². The number of nitrogens with zero attached hydrogens (tertiary/aromatic N) is 2. The highest BCUT2D eigenvalue weighted by molar-refractivity contribution is 5.34. The summed E-state index contributed by atoms with van der Waals surface area (Å²) in [4.78, 5) is 3.97. The molecule has 2 aromatic rings. The van der Waals surface area contributed by atoms with Crippen molar-refractivity contribution in [3.63, 3.8) is 0 Å². The molecule has 5 heteroatoms. The van der Waals surface area contributed by atoms with Crippen LogP contribution in [-0.4, -0.2) is 10.1 Å². The van der Waals surface area contributed by atoms with Gasteiger partial charge in [-0.2, -0.15) is 5.26 Å². The molecule has 1 aromatic heterocycles. The Hall–Kier alpha value is -2.32. The molecule has 1 N–H and O–H groups in total. The molecule has 0 aliphatic heterocycles. The minimum atomic E-state index is -1.16. The highest BCUT2D eigenvalue weighted by atomic mass is 19.1. The standard InChI is InChI=1S/C18H16F2N2O/c19-14-3-1-13(2-4-14)17(12-21)7-9-18(23,10-8-17)16-6-5-15(20)11-22-16/h1-6,11,23H,7-10H2. The van der Waals surface area contributed by atoms with Crippen molar-refractivity contribution in [1.82, 2.24) is 4.98 Å². The van der Waals surface area contributed by atoms with Crippen LogP contribution in [0.2, 0.25) is 0 Å². The van der Waals surface area contributed by atoms with Gasteiger partial charge in [0.1, 0.15) is 17.2 Å². The van der Waals surface area contributed by atoms with Crippen molar-refractivity contribution in [2.24, 2.45) is 0 Å². The molecule has 0 saturated heterocycles. The molecule has 1 aliphatic rings. The molecule has 1 heterocycles. The Morgan fingerprint density at radius 2 is 1.57 bits per heavy atom. The van der Waals surface area contributed by atoms with Crippen molar-refractivity contribution in [2.45, 2.75) is 36.7 Å². The van der Waals surface area contributed by atoms with Gasteiger partial charge < -0.3 is 5.11 Å². The van der Waals surface area contributed by atoms with Gasteiger partial charge in [-0.3, -0.25) is 4.98 Å². The van der Waals surface area contributed by atoms with Crippen molar-refractivity contribution in [3.05, 3.63) is 65.5 Å². The second-order valence-electron chi connectivity index (χ2n) is 6.09. The Morgan fingerprint density at radius 3 is 2.09 bits per heavy atom. The highest BCUT2D eigenvalue weighted by Gasteiger charge is 2.44. The fraction of sp³-hybridized carbons (Fsp3) is 0.333. The van der Waals surface area contributed by atoms with Gasteiger partial charge in [-0.15, -0.1) is 0 Å². The first-order chi connectivity index (χ1) is 11.0. The monoisotopic (exact) mass is 314 g/mol. The van der Waals surface area contributed by atoms with E-state index >= 15 is 0 Å². The summed E-state index contributed by atoms with van der Waals surface area (Å²) >= 11 is 0. The third-order valence-electron chi connectivity index (χ3n) is 4.75. The van der Waals surface area contributed by atoms with Gasteiger partial charge in [0, 0.05) is 0 Å². The second kappa shape index (κ2) is 5.71. The highest BCUT2D eigenvalue weighted by Crippen LogP contribution is 2.46. The molecule has 1 aliphatic carbocycles. The van der Waals surface area contributed by atoms with E-state index in [-0.39, 0.29) is 5.82 Å². The van der Waals surface area contributed by atoms with Crippen molar-refractivity contribution in [1.29, 1.82) is 5.26 Å². The lowest BCUT2D eigenvalue weighted by molar-refractivity contribution is -0.0176. The summed E-state index contributed by atoms with van der Waals surface area (Å²) in [6.45, 7) is 0. The van der Waals surface area contributed by atoms with Gasteiger partial charge in [-0.25, -0.2) is 8.78 Å². The molecule has 0 radical (unpaired) electrons. The molecule has 1 saturated carbocycles. The number of hydrogen-bond donors (Lipinski definition) is 1. The molecule has 0 amide bonds. The number of rotatable bonds is 2. The van der Waals surface area contributed by atoms with E-state index in [1.807, 2.05) is 0 Å². The molecule has 0 unspecified atom stereocenters. The first kappa shape index (κ1) is 15.6. The number of pyridine rings is 1. The lowest BCUT2D eigenvalue weighted by atomic mass is 9.65. The molecule has 0 atom stereocenters.